The summed E-state index contributed by atoms with van der Waals surface area (Å²) in [6.07, 6.45) is 1.78. The first-order valence-electron chi connectivity index (χ1n) is 8.69. The monoisotopic (exact) mass is 406 g/mol. The van der Waals surface area contributed by atoms with Crippen molar-refractivity contribution in [1.29, 1.82) is 0 Å². The molecule has 0 bridgehead atoms. The lowest BCUT2D eigenvalue weighted by Gasteiger charge is -2.16. The molecule has 2 amide bonds. The summed E-state index contributed by atoms with van der Waals surface area (Å²) in [5.74, 6) is -0.872. The summed E-state index contributed by atoms with van der Waals surface area (Å²) in [5.41, 5.74) is 2.16. The summed E-state index contributed by atoms with van der Waals surface area (Å²) in [5, 5.41) is 7.27. The van der Waals surface area contributed by atoms with Crippen LogP contribution in [0, 0.1) is 19.8 Å². The number of esters is 1. The third-order valence-electron chi connectivity index (χ3n) is 4.53. The number of anilines is 1. The standard InChI is InChI=1S/C19H22N2O4S2/c1-11-12(2)27-18(20-17(23)14-4-5-14)16(11)19(24)25-9-15(22)21(3)8-13-6-7-26-10-13/h6-7,10,14H,4-5,8-9H2,1-3H3,(H,20,23). The van der Waals surface area contributed by atoms with Gasteiger partial charge in [0.1, 0.15) is 5.00 Å². The zero-order valence-corrected chi connectivity index (χ0v) is 17.2. The number of amides is 2. The van der Waals surface area contributed by atoms with E-state index in [0.717, 1.165) is 28.8 Å². The van der Waals surface area contributed by atoms with Gasteiger partial charge in [0.05, 0.1) is 5.56 Å². The molecule has 0 radical (unpaired) electrons. The summed E-state index contributed by atoms with van der Waals surface area (Å²) in [6, 6.07) is 1.95. The predicted molar refractivity (Wildman–Crippen MR) is 106 cm³/mol. The van der Waals surface area contributed by atoms with Crippen LogP contribution in [0.15, 0.2) is 16.8 Å². The minimum atomic E-state index is -0.583. The van der Waals surface area contributed by atoms with Crippen molar-refractivity contribution >= 4 is 45.5 Å². The van der Waals surface area contributed by atoms with E-state index in [4.69, 9.17) is 4.74 Å². The van der Waals surface area contributed by atoms with E-state index >= 15 is 0 Å². The molecule has 0 unspecified atom stereocenters. The second kappa shape index (κ2) is 8.22. The molecule has 144 valence electrons. The van der Waals surface area contributed by atoms with Gasteiger partial charge in [-0.2, -0.15) is 11.3 Å². The first kappa shape index (κ1) is 19.6. The van der Waals surface area contributed by atoms with E-state index in [2.05, 4.69) is 5.32 Å². The fraction of sp³-hybridized carbons (Fsp3) is 0.421. The molecular weight excluding hydrogens is 384 g/mol. The number of nitrogens with zero attached hydrogens (tertiary/aromatic N) is 1. The topological polar surface area (TPSA) is 75.7 Å². The maximum atomic E-state index is 12.6. The zero-order chi connectivity index (χ0) is 19.6. The Labute approximate surface area is 166 Å². The molecule has 1 saturated carbocycles. The molecule has 0 spiro atoms. The molecule has 1 aliphatic rings. The lowest BCUT2D eigenvalue weighted by Crippen LogP contribution is -2.30. The van der Waals surface area contributed by atoms with Gasteiger partial charge in [0.25, 0.3) is 5.91 Å². The number of carbonyl (C=O) groups is 3. The summed E-state index contributed by atoms with van der Waals surface area (Å²) >= 11 is 2.93. The molecule has 0 saturated heterocycles. The Balaban J connectivity index is 1.61. The molecule has 0 aromatic carbocycles. The van der Waals surface area contributed by atoms with Gasteiger partial charge in [-0.1, -0.05) is 0 Å². The normalized spacial score (nSPS) is 13.3. The van der Waals surface area contributed by atoms with Crippen molar-refractivity contribution in [3.05, 3.63) is 38.4 Å². The van der Waals surface area contributed by atoms with Crippen LogP contribution in [-0.2, 0) is 20.9 Å². The van der Waals surface area contributed by atoms with Crippen LogP contribution >= 0.6 is 22.7 Å². The minimum Gasteiger partial charge on any atom is -0.452 e. The molecule has 0 atom stereocenters. The maximum absolute atomic E-state index is 12.6. The average Bonchev–Trinajstić information content (AvgIpc) is 3.30. The number of rotatable bonds is 7. The Morgan fingerprint density at radius 2 is 2.04 bits per heavy atom. The lowest BCUT2D eigenvalue weighted by atomic mass is 10.1. The SMILES string of the molecule is Cc1sc(NC(=O)C2CC2)c(C(=O)OCC(=O)N(C)Cc2ccsc2)c1C. The highest BCUT2D eigenvalue weighted by Crippen LogP contribution is 2.36. The summed E-state index contributed by atoms with van der Waals surface area (Å²) in [6.45, 7) is 3.85. The number of ether oxygens (including phenoxy) is 1. The molecule has 1 aliphatic carbocycles. The molecule has 2 aromatic rings. The van der Waals surface area contributed by atoms with E-state index in [1.54, 1.807) is 18.4 Å². The Morgan fingerprint density at radius 3 is 2.67 bits per heavy atom. The van der Waals surface area contributed by atoms with E-state index in [1.165, 1.54) is 16.2 Å². The summed E-state index contributed by atoms with van der Waals surface area (Å²) < 4.78 is 5.25. The van der Waals surface area contributed by atoms with Gasteiger partial charge in [-0.05, 0) is 54.6 Å². The first-order chi connectivity index (χ1) is 12.9. The Morgan fingerprint density at radius 1 is 1.30 bits per heavy atom. The molecular formula is C19H22N2O4S2. The number of thiophene rings is 2. The summed E-state index contributed by atoms with van der Waals surface area (Å²) in [7, 11) is 1.68. The van der Waals surface area contributed by atoms with Gasteiger partial charge in [0, 0.05) is 24.4 Å². The highest BCUT2D eigenvalue weighted by molar-refractivity contribution is 7.16. The van der Waals surface area contributed by atoms with E-state index in [9.17, 15) is 14.4 Å². The Bertz CT molecular complexity index is 853. The molecule has 27 heavy (non-hydrogen) atoms. The first-order valence-corrected chi connectivity index (χ1v) is 10.5. The molecule has 8 heteroatoms. The molecule has 2 aromatic heterocycles. The van der Waals surface area contributed by atoms with E-state index < -0.39 is 5.97 Å². The van der Waals surface area contributed by atoms with E-state index in [-0.39, 0.29) is 24.3 Å². The van der Waals surface area contributed by atoms with Crippen molar-refractivity contribution in [2.75, 3.05) is 19.0 Å². The largest absolute Gasteiger partial charge is 0.452 e. The molecule has 6 nitrogen and oxygen atoms in total. The van der Waals surface area contributed by atoms with Gasteiger partial charge in [-0.15, -0.1) is 11.3 Å². The van der Waals surface area contributed by atoms with Crippen molar-refractivity contribution in [3.8, 4) is 0 Å². The van der Waals surface area contributed by atoms with Gasteiger partial charge in [-0.25, -0.2) is 4.79 Å². The quantitative estimate of drug-likeness (QED) is 0.713. The Kier molecular flexibility index (Phi) is 5.96. The van der Waals surface area contributed by atoms with Crippen LogP contribution in [-0.4, -0.2) is 36.3 Å². The molecule has 3 rings (SSSR count). The third-order valence-corrected chi connectivity index (χ3v) is 6.38. The van der Waals surface area contributed by atoms with Crippen LogP contribution < -0.4 is 5.32 Å². The third kappa shape index (κ3) is 4.75. The van der Waals surface area contributed by atoms with Gasteiger partial charge >= 0.3 is 5.97 Å². The number of carbonyl (C=O) groups excluding carboxylic acids is 3. The van der Waals surface area contributed by atoms with Crippen molar-refractivity contribution in [1.82, 2.24) is 4.90 Å². The van der Waals surface area contributed by atoms with Gasteiger partial charge in [-0.3, -0.25) is 9.59 Å². The second-order valence-electron chi connectivity index (χ2n) is 6.71. The van der Waals surface area contributed by atoms with Crippen molar-refractivity contribution in [3.63, 3.8) is 0 Å². The fourth-order valence-electron chi connectivity index (χ4n) is 2.57. The molecule has 2 heterocycles. The van der Waals surface area contributed by atoms with E-state index in [1.807, 2.05) is 30.7 Å². The highest BCUT2D eigenvalue weighted by Gasteiger charge is 2.32. The van der Waals surface area contributed by atoms with Crippen LogP contribution in [0.5, 0.6) is 0 Å². The van der Waals surface area contributed by atoms with Crippen LogP contribution in [0.4, 0.5) is 5.00 Å². The number of aryl methyl sites for hydroxylation is 1. The molecule has 0 aliphatic heterocycles. The average molecular weight is 407 g/mol. The van der Waals surface area contributed by atoms with Gasteiger partial charge < -0.3 is 15.0 Å². The zero-order valence-electron chi connectivity index (χ0n) is 15.5. The predicted octanol–water partition coefficient (Wildman–Crippen LogP) is 3.59. The van der Waals surface area contributed by atoms with Crippen LogP contribution in [0.3, 0.4) is 0 Å². The fourth-order valence-corrected chi connectivity index (χ4v) is 4.29. The minimum absolute atomic E-state index is 0.0453. The van der Waals surface area contributed by atoms with Gasteiger partial charge in [0.15, 0.2) is 6.61 Å². The van der Waals surface area contributed by atoms with Crippen LogP contribution in [0.1, 0.15) is 39.2 Å². The Hall–Kier alpha value is -2.19. The smallest absolute Gasteiger partial charge is 0.341 e. The molecule has 1 N–H and O–H groups in total. The maximum Gasteiger partial charge on any atom is 0.341 e. The number of hydrogen-bond acceptors (Lipinski definition) is 6. The number of likely N-dealkylation sites (N-methyl/N-ethyl adjacent to an activating group) is 1. The van der Waals surface area contributed by atoms with Crippen LogP contribution in [0.25, 0.3) is 0 Å². The van der Waals surface area contributed by atoms with E-state index in [0.29, 0.717) is 17.1 Å². The summed E-state index contributed by atoms with van der Waals surface area (Å²) in [4.78, 5) is 39.3. The number of nitrogens with one attached hydrogen (secondary N) is 1. The van der Waals surface area contributed by atoms with Crippen molar-refractivity contribution < 1.29 is 19.1 Å². The highest BCUT2D eigenvalue weighted by atomic mass is 32.1. The van der Waals surface area contributed by atoms with Crippen molar-refractivity contribution in [2.24, 2.45) is 5.92 Å². The van der Waals surface area contributed by atoms with Crippen LogP contribution in [0.2, 0.25) is 0 Å². The molecule has 1 fully saturated rings. The second-order valence-corrected chi connectivity index (χ2v) is 8.71. The number of hydrogen-bond donors (Lipinski definition) is 1. The van der Waals surface area contributed by atoms with Crippen molar-refractivity contribution in [2.45, 2.75) is 33.2 Å². The lowest BCUT2D eigenvalue weighted by molar-refractivity contribution is -0.133. The van der Waals surface area contributed by atoms with Gasteiger partial charge in [0.2, 0.25) is 5.91 Å².